The third-order valence-corrected chi connectivity index (χ3v) is 8.87. The van der Waals surface area contributed by atoms with Crippen LogP contribution in [0, 0.1) is 17.8 Å². The van der Waals surface area contributed by atoms with Gasteiger partial charge in [-0.15, -0.1) is 0 Å². The van der Waals surface area contributed by atoms with Crippen LogP contribution in [0.2, 0.25) is 0 Å². The summed E-state index contributed by atoms with van der Waals surface area (Å²) in [6.07, 6.45) is 13.0. The van der Waals surface area contributed by atoms with Crippen LogP contribution in [-0.2, 0) is 4.79 Å². The van der Waals surface area contributed by atoms with E-state index in [4.69, 9.17) is 0 Å². The molecule has 180 valence electrons. The minimum Gasteiger partial charge on any atom is -0.343 e. The first-order valence-electron chi connectivity index (χ1n) is 13.3. The number of carbonyl (C=O) groups is 2. The Hall–Kier alpha value is -1.95. The summed E-state index contributed by atoms with van der Waals surface area (Å²) in [7, 11) is 0. The molecule has 6 nitrogen and oxygen atoms in total. The van der Waals surface area contributed by atoms with E-state index in [1.54, 1.807) is 12.4 Å². The van der Waals surface area contributed by atoms with E-state index in [0.717, 1.165) is 51.2 Å². The van der Waals surface area contributed by atoms with Crippen molar-refractivity contribution >= 4 is 11.8 Å². The highest BCUT2D eigenvalue weighted by molar-refractivity contribution is 5.94. The number of rotatable bonds is 5. The Morgan fingerprint density at radius 3 is 2.61 bits per heavy atom. The first-order valence-corrected chi connectivity index (χ1v) is 13.3. The second-order valence-corrected chi connectivity index (χ2v) is 11.0. The number of amides is 2. The Labute approximate surface area is 198 Å². The first-order chi connectivity index (χ1) is 16.1. The number of likely N-dealkylation sites (tertiary alicyclic amines) is 2. The van der Waals surface area contributed by atoms with Crippen LogP contribution in [0.15, 0.2) is 24.5 Å². The van der Waals surface area contributed by atoms with Crippen molar-refractivity contribution in [2.75, 3.05) is 32.7 Å². The Bertz CT molecular complexity index is 821. The molecule has 4 saturated heterocycles. The van der Waals surface area contributed by atoms with Gasteiger partial charge in [-0.2, -0.15) is 0 Å². The maximum absolute atomic E-state index is 13.6. The zero-order chi connectivity index (χ0) is 22.8. The monoisotopic (exact) mass is 452 g/mol. The van der Waals surface area contributed by atoms with Crippen LogP contribution in [0.1, 0.15) is 75.1 Å². The molecule has 5 heterocycles. The third kappa shape index (κ3) is 4.82. The second kappa shape index (κ2) is 10.1. The normalized spacial score (nSPS) is 30.7. The van der Waals surface area contributed by atoms with Crippen molar-refractivity contribution in [2.24, 2.45) is 17.8 Å². The van der Waals surface area contributed by atoms with Crippen LogP contribution < -0.4 is 0 Å². The van der Waals surface area contributed by atoms with E-state index in [2.05, 4.69) is 26.6 Å². The minimum absolute atomic E-state index is 0.130. The molecular weight excluding hydrogens is 412 g/mol. The molecular formula is C27H40N4O2. The molecule has 0 aromatic carbocycles. The quantitative estimate of drug-likeness (QED) is 0.681. The van der Waals surface area contributed by atoms with Gasteiger partial charge in [0, 0.05) is 50.5 Å². The highest BCUT2D eigenvalue weighted by Crippen LogP contribution is 2.43. The van der Waals surface area contributed by atoms with Gasteiger partial charge in [0.1, 0.15) is 0 Å². The lowest BCUT2D eigenvalue weighted by molar-refractivity contribution is -0.132. The van der Waals surface area contributed by atoms with E-state index < -0.39 is 0 Å². The molecule has 5 rings (SSSR count). The SMILES string of the molecule is CC1CCN(C(=O)CCC[C@@H]2[C@H]3CCCN4CCC[C@@H](CN2C(=O)c2cccnc2)[C@@H]34)CC1. The molecule has 0 radical (unpaired) electrons. The molecule has 0 spiro atoms. The number of pyridine rings is 1. The maximum atomic E-state index is 13.6. The zero-order valence-corrected chi connectivity index (χ0v) is 20.2. The predicted octanol–water partition coefficient (Wildman–Crippen LogP) is 3.83. The maximum Gasteiger partial charge on any atom is 0.255 e. The lowest BCUT2D eigenvalue weighted by Gasteiger charge is -2.57. The van der Waals surface area contributed by atoms with Crippen LogP contribution in [0.5, 0.6) is 0 Å². The van der Waals surface area contributed by atoms with Crippen LogP contribution in [0.3, 0.4) is 0 Å². The van der Waals surface area contributed by atoms with Crippen molar-refractivity contribution in [1.82, 2.24) is 19.7 Å². The number of piperidine rings is 4. The highest BCUT2D eigenvalue weighted by Gasteiger charge is 2.49. The zero-order valence-electron chi connectivity index (χ0n) is 20.2. The Kier molecular flexibility index (Phi) is 7.00. The molecule has 33 heavy (non-hydrogen) atoms. The average Bonchev–Trinajstić information content (AvgIpc) is 2.86. The first kappa shape index (κ1) is 22.8. The molecule has 4 fully saturated rings. The molecule has 4 aliphatic rings. The Morgan fingerprint density at radius 2 is 1.85 bits per heavy atom. The summed E-state index contributed by atoms with van der Waals surface area (Å²) < 4.78 is 0. The van der Waals surface area contributed by atoms with Gasteiger partial charge in [-0.25, -0.2) is 0 Å². The summed E-state index contributed by atoms with van der Waals surface area (Å²) in [5.74, 6) is 2.29. The molecule has 4 atom stereocenters. The van der Waals surface area contributed by atoms with Crippen LogP contribution in [0.25, 0.3) is 0 Å². The number of hydrogen-bond acceptors (Lipinski definition) is 4. The lowest BCUT2D eigenvalue weighted by Crippen LogP contribution is -2.65. The summed E-state index contributed by atoms with van der Waals surface area (Å²) in [5, 5.41) is 0. The van der Waals surface area contributed by atoms with Crippen LogP contribution in [0.4, 0.5) is 0 Å². The van der Waals surface area contributed by atoms with E-state index >= 15 is 0 Å². The topological polar surface area (TPSA) is 56.8 Å². The summed E-state index contributed by atoms with van der Waals surface area (Å²) in [5.41, 5.74) is 0.697. The van der Waals surface area contributed by atoms with Crippen molar-refractivity contribution < 1.29 is 9.59 Å². The van der Waals surface area contributed by atoms with Gasteiger partial charge in [-0.3, -0.25) is 19.5 Å². The highest BCUT2D eigenvalue weighted by atomic mass is 16.2. The van der Waals surface area contributed by atoms with E-state index in [0.29, 0.717) is 35.8 Å². The van der Waals surface area contributed by atoms with Crippen LogP contribution >= 0.6 is 0 Å². The van der Waals surface area contributed by atoms with Gasteiger partial charge in [0.05, 0.1) is 5.56 Å². The molecule has 0 N–H and O–H groups in total. The van der Waals surface area contributed by atoms with Gasteiger partial charge in [0.25, 0.3) is 5.91 Å². The fourth-order valence-electron chi connectivity index (χ4n) is 7.13. The summed E-state index contributed by atoms with van der Waals surface area (Å²) in [6, 6.07) is 4.60. The fraction of sp³-hybridized carbons (Fsp3) is 0.741. The van der Waals surface area contributed by atoms with Gasteiger partial charge in [0.15, 0.2) is 0 Å². The summed E-state index contributed by atoms with van der Waals surface area (Å²) in [6.45, 7) is 7.39. The number of aromatic nitrogens is 1. The van der Waals surface area contributed by atoms with Gasteiger partial charge in [-0.1, -0.05) is 6.92 Å². The smallest absolute Gasteiger partial charge is 0.255 e. The molecule has 0 unspecified atom stereocenters. The van der Waals surface area contributed by atoms with Crippen molar-refractivity contribution in [2.45, 2.75) is 76.8 Å². The van der Waals surface area contributed by atoms with Crippen molar-refractivity contribution in [1.29, 1.82) is 0 Å². The molecule has 1 aromatic heterocycles. The third-order valence-electron chi connectivity index (χ3n) is 8.87. The number of nitrogens with zero attached hydrogens (tertiary/aromatic N) is 4. The van der Waals surface area contributed by atoms with E-state index in [-0.39, 0.29) is 11.9 Å². The van der Waals surface area contributed by atoms with Crippen molar-refractivity contribution in [3.63, 3.8) is 0 Å². The molecule has 0 saturated carbocycles. The Balaban J connectivity index is 1.30. The predicted molar refractivity (Wildman–Crippen MR) is 129 cm³/mol. The molecule has 4 aliphatic heterocycles. The van der Waals surface area contributed by atoms with E-state index in [9.17, 15) is 9.59 Å². The van der Waals surface area contributed by atoms with E-state index in [1.165, 1.54) is 38.8 Å². The number of carbonyl (C=O) groups excluding carboxylic acids is 2. The van der Waals surface area contributed by atoms with Gasteiger partial charge in [-0.05, 0) is 94.3 Å². The van der Waals surface area contributed by atoms with Crippen LogP contribution in [-0.4, -0.2) is 76.3 Å². The molecule has 1 aromatic rings. The largest absolute Gasteiger partial charge is 0.343 e. The molecule has 6 heteroatoms. The summed E-state index contributed by atoms with van der Waals surface area (Å²) in [4.78, 5) is 37.7. The average molecular weight is 453 g/mol. The summed E-state index contributed by atoms with van der Waals surface area (Å²) >= 11 is 0. The molecule has 2 amide bonds. The van der Waals surface area contributed by atoms with E-state index in [1.807, 2.05) is 12.1 Å². The molecule has 0 aliphatic carbocycles. The van der Waals surface area contributed by atoms with Gasteiger partial charge < -0.3 is 9.80 Å². The van der Waals surface area contributed by atoms with Crippen molar-refractivity contribution in [3.05, 3.63) is 30.1 Å². The second-order valence-electron chi connectivity index (χ2n) is 11.0. The lowest BCUT2D eigenvalue weighted by atomic mass is 9.69. The van der Waals surface area contributed by atoms with Gasteiger partial charge in [0.2, 0.25) is 5.91 Å². The van der Waals surface area contributed by atoms with Gasteiger partial charge >= 0.3 is 0 Å². The Morgan fingerprint density at radius 1 is 1.06 bits per heavy atom. The fourth-order valence-corrected chi connectivity index (χ4v) is 7.13. The molecule has 0 bridgehead atoms. The van der Waals surface area contributed by atoms with Crippen molar-refractivity contribution in [3.8, 4) is 0 Å². The standard InChI is InChI=1S/C27H40N4O2/c1-20-11-16-29(17-12-20)25(32)10-2-9-24-23-8-5-15-30-14-4-7-22(26(23)30)19-31(24)27(33)21-6-3-13-28-18-21/h3,6,13,18,20,22-24,26H,2,4-5,7-12,14-17,19H2,1H3/t22-,23+,24+,26-/m0/s1. The number of hydrogen-bond donors (Lipinski definition) is 0. The minimum atomic E-state index is 0.130.